The highest BCUT2D eigenvalue weighted by Crippen LogP contribution is 2.21. The van der Waals surface area contributed by atoms with Gasteiger partial charge in [-0.1, -0.05) is 30.3 Å². The van der Waals surface area contributed by atoms with Crippen LogP contribution in [0.2, 0.25) is 0 Å². The fourth-order valence-corrected chi connectivity index (χ4v) is 3.06. The van der Waals surface area contributed by atoms with E-state index in [-0.39, 0.29) is 11.7 Å². The standard InChI is InChI=1S/C21H19N3O2S/c1-15(25)17-8-10-18(11-9-17)23-21-24-19(14-27-21)13-22-20(26)12-7-16-5-3-2-4-6-16/h2-12,14H,13H2,1H3,(H,22,26)(H,23,24)/b12-7+. The van der Waals surface area contributed by atoms with Gasteiger partial charge in [-0.05, 0) is 42.8 Å². The van der Waals surface area contributed by atoms with Crippen molar-refractivity contribution < 1.29 is 9.59 Å². The number of hydrogen-bond donors (Lipinski definition) is 2. The van der Waals surface area contributed by atoms with E-state index in [4.69, 9.17) is 0 Å². The van der Waals surface area contributed by atoms with Crippen LogP contribution in [0, 0.1) is 0 Å². The van der Waals surface area contributed by atoms with E-state index in [0.717, 1.165) is 22.1 Å². The second kappa shape index (κ2) is 8.91. The Kier molecular flexibility index (Phi) is 6.12. The summed E-state index contributed by atoms with van der Waals surface area (Å²) in [5.41, 5.74) is 3.29. The van der Waals surface area contributed by atoms with Crippen LogP contribution < -0.4 is 10.6 Å². The summed E-state index contributed by atoms with van der Waals surface area (Å²) in [5.74, 6) is -0.128. The largest absolute Gasteiger partial charge is 0.347 e. The highest BCUT2D eigenvalue weighted by Gasteiger charge is 2.05. The number of ketones is 1. The average molecular weight is 377 g/mol. The smallest absolute Gasteiger partial charge is 0.244 e. The van der Waals surface area contributed by atoms with E-state index < -0.39 is 0 Å². The molecule has 0 atom stereocenters. The van der Waals surface area contributed by atoms with Gasteiger partial charge >= 0.3 is 0 Å². The van der Waals surface area contributed by atoms with Crippen molar-refractivity contribution in [3.63, 3.8) is 0 Å². The molecule has 0 saturated heterocycles. The number of rotatable bonds is 7. The van der Waals surface area contributed by atoms with Crippen molar-refractivity contribution in [1.29, 1.82) is 0 Å². The first-order valence-electron chi connectivity index (χ1n) is 8.43. The Hall–Kier alpha value is -3.25. The maximum absolute atomic E-state index is 11.9. The predicted octanol–water partition coefficient (Wildman–Crippen LogP) is 4.42. The third-order valence-corrected chi connectivity index (χ3v) is 4.57. The van der Waals surface area contributed by atoms with Crippen LogP contribution in [0.3, 0.4) is 0 Å². The summed E-state index contributed by atoms with van der Waals surface area (Å²) >= 11 is 1.46. The van der Waals surface area contributed by atoms with Gasteiger partial charge in [0.1, 0.15) is 0 Å². The van der Waals surface area contributed by atoms with E-state index in [9.17, 15) is 9.59 Å². The number of anilines is 2. The Labute approximate surface area is 161 Å². The van der Waals surface area contributed by atoms with Crippen molar-refractivity contribution in [2.24, 2.45) is 0 Å². The molecular formula is C21H19N3O2S. The molecule has 0 unspecified atom stereocenters. The molecule has 3 rings (SSSR count). The van der Waals surface area contributed by atoms with Crippen molar-refractivity contribution in [2.75, 3.05) is 5.32 Å². The number of hydrogen-bond acceptors (Lipinski definition) is 5. The van der Waals surface area contributed by atoms with Crippen LogP contribution in [0.15, 0.2) is 66.1 Å². The third kappa shape index (κ3) is 5.62. The van der Waals surface area contributed by atoms with Gasteiger partial charge in [0, 0.05) is 22.7 Å². The van der Waals surface area contributed by atoms with Crippen LogP contribution in [0.1, 0.15) is 28.5 Å². The molecule has 3 aromatic rings. The second-order valence-electron chi connectivity index (χ2n) is 5.86. The maximum Gasteiger partial charge on any atom is 0.244 e. The van der Waals surface area contributed by atoms with Crippen molar-refractivity contribution >= 4 is 39.9 Å². The molecule has 0 bridgehead atoms. The number of thiazole rings is 1. The van der Waals surface area contributed by atoms with E-state index in [0.29, 0.717) is 12.1 Å². The fourth-order valence-electron chi connectivity index (χ4n) is 2.33. The summed E-state index contributed by atoms with van der Waals surface area (Å²) in [6.07, 6.45) is 3.28. The van der Waals surface area contributed by atoms with E-state index in [2.05, 4.69) is 15.6 Å². The number of Topliss-reactive ketones (excluding diaryl/α,β-unsaturated/α-hetero) is 1. The fraction of sp³-hybridized carbons (Fsp3) is 0.0952. The van der Waals surface area contributed by atoms with Gasteiger partial charge < -0.3 is 10.6 Å². The lowest BCUT2D eigenvalue weighted by Gasteiger charge is -2.03. The van der Waals surface area contributed by atoms with Crippen molar-refractivity contribution in [3.05, 3.63) is 82.9 Å². The summed E-state index contributed by atoms with van der Waals surface area (Å²) in [4.78, 5) is 27.7. The molecule has 0 aliphatic heterocycles. The molecule has 0 fully saturated rings. The lowest BCUT2D eigenvalue weighted by Crippen LogP contribution is -2.20. The molecule has 0 radical (unpaired) electrons. The number of aromatic nitrogens is 1. The topological polar surface area (TPSA) is 71.1 Å². The number of nitrogens with one attached hydrogen (secondary N) is 2. The molecular weight excluding hydrogens is 358 g/mol. The van der Waals surface area contributed by atoms with Gasteiger partial charge in [-0.15, -0.1) is 11.3 Å². The Morgan fingerprint density at radius 1 is 1.07 bits per heavy atom. The van der Waals surface area contributed by atoms with Crippen molar-refractivity contribution in [2.45, 2.75) is 13.5 Å². The first-order chi connectivity index (χ1) is 13.1. The summed E-state index contributed by atoms with van der Waals surface area (Å²) in [7, 11) is 0. The minimum atomic E-state index is -0.166. The molecule has 27 heavy (non-hydrogen) atoms. The van der Waals surface area contributed by atoms with Crippen LogP contribution in [-0.4, -0.2) is 16.7 Å². The van der Waals surface area contributed by atoms with E-state index in [1.807, 2.05) is 47.8 Å². The first kappa shape index (κ1) is 18.5. The first-order valence-corrected chi connectivity index (χ1v) is 9.31. The molecule has 1 heterocycles. The van der Waals surface area contributed by atoms with Gasteiger partial charge in [-0.25, -0.2) is 4.98 Å². The van der Waals surface area contributed by atoms with Gasteiger partial charge in [-0.3, -0.25) is 9.59 Å². The normalized spacial score (nSPS) is 10.7. The van der Waals surface area contributed by atoms with Crippen LogP contribution in [0.25, 0.3) is 6.08 Å². The number of amides is 1. The molecule has 2 aromatic carbocycles. The summed E-state index contributed by atoms with van der Waals surface area (Å²) < 4.78 is 0. The highest BCUT2D eigenvalue weighted by molar-refractivity contribution is 7.13. The van der Waals surface area contributed by atoms with Crippen LogP contribution in [0.5, 0.6) is 0 Å². The van der Waals surface area contributed by atoms with Crippen LogP contribution in [-0.2, 0) is 11.3 Å². The third-order valence-electron chi connectivity index (χ3n) is 3.76. The molecule has 6 heteroatoms. The molecule has 0 saturated carbocycles. The SMILES string of the molecule is CC(=O)c1ccc(Nc2nc(CNC(=O)/C=C/c3ccccc3)cs2)cc1. The van der Waals surface area contributed by atoms with Crippen molar-refractivity contribution in [3.8, 4) is 0 Å². The monoisotopic (exact) mass is 377 g/mol. The number of carbonyl (C=O) groups excluding carboxylic acids is 2. The Morgan fingerprint density at radius 2 is 1.81 bits per heavy atom. The minimum absolute atomic E-state index is 0.0372. The van der Waals surface area contributed by atoms with Gasteiger partial charge in [0.25, 0.3) is 0 Å². The molecule has 0 spiro atoms. The Bertz CT molecular complexity index is 947. The molecule has 0 aliphatic carbocycles. The highest BCUT2D eigenvalue weighted by atomic mass is 32.1. The quantitative estimate of drug-likeness (QED) is 0.472. The molecule has 5 nitrogen and oxygen atoms in total. The van der Waals surface area contributed by atoms with Crippen LogP contribution >= 0.6 is 11.3 Å². The predicted molar refractivity (Wildman–Crippen MR) is 109 cm³/mol. The molecule has 2 N–H and O–H groups in total. The number of nitrogens with zero attached hydrogens (tertiary/aromatic N) is 1. The number of benzene rings is 2. The van der Waals surface area contributed by atoms with Crippen molar-refractivity contribution in [1.82, 2.24) is 10.3 Å². The van der Waals surface area contributed by atoms with Gasteiger partial charge in [0.15, 0.2) is 10.9 Å². The zero-order valence-corrected chi connectivity index (χ0v) is 15.6. The Morgan fingerprint density at radius 3 is 2.52 bits per heavy atom. The molecule has 0 aliphatic rings. The zero-order chi connectivity index (χ0) is 19.1. The second-order valence-corrected chi connectivity index (χ2v) is 6.72. The number of carbonyl (C=O) groups is 2. The maximum atomic E-state index is 11.9. The van der Waals surface area contributed by atoms with E-state index >= 15 is 0 Å². The lowest BCUT2D eigenvalue weighted by atomic mass is 10.1. The summed E-state index contributed by atoms with van der Waals surface area (Å²) in [6.45, 7) is 1.90. The molecule has 136 valence electrons. The van der Waals surface area contributed by atoms with Gasteiger partial charge in [0.2, 0.25) is 5.91 Å². The molecule has 1 amide bonds. The zero-order valence-electron chi connectivity index (χ0n) is 14.8. The minimum Gasteiger partial charge on any atom is -0.347 e. The summed E-state index contributed by atoms with van der Waals surface area (Å²) in [6, 6.07) is 16.9. The summed E-state index contributed by atoms with van der Waals surface area (Å²) in [5, 5.41) is 8.64. The Balaban J connectivity index is 1.51. The van der Waals surface area contributed by atoms with Gasteiger partial charge in [-0.2, -0.15) is 0 Å². The lowest BCUT2D eigenvalue weighted by molar-refractivity contribution is -0.116. The van der Waals surface area contributed by atoms with Gasteiger partial charge in [0.05, 0.1) is 12.2 Å². The molecule has 1 aromatic heterocycles. The average Bonchev–Trinajstić information content (AvgIpc) is 3.13. The van der Waals surface area contributed by atoms with Crippen LogP contribution in [0.4, 0.5) is 10.8 Å². The van der Waals surface area contributed by atoms with E-state index in [1.165, 1.54) is 17.4 Å². The van der Waals surface area contributed by atoms with E-state index in [1.54, 1.807) is 25.1 Å².